The van der Waals surface area contributed by atoms with Crippen LogP contribution in [0.2, 0.25) is 0 Å². The molecule has 0 saturated heterocycles. The summed E-state index contributed by atoms with van der Waals surface area (Å²) in [7, 11) is -2.55. The molecule has 0 radical (unpaired) electrons. The van der Waals surface area contributed by atoms with Gasteiger partial charge in [0, 0.05) is 23.4 Å². The SMILES string of the molecule is COc1ccc(CN2C(=O)c3cccnc3C2=O)cc1S(=O)(=O)N1CCSc2ccccc21. The van der Waals surface area contributed by atoms with Crippen LogP contribution in [0.3, 0.4) is 0 Å². The maximum absolute atomic E-state index is 13.7. The molecule has 0 saturated carbocycles. The van der Waals surface area contributed by atoms with Crippen molar-refractivity contribution in [2.75, 3.05) is 23.7 Å². The predicted molar refractivity (Wildman–Crippen MR) is 123 cm³/mol. The fourth-order valence-corrected chi connectivity index (χ4v) is 6.83. The highest BCUT2D eigenvalue weighted by Gasteiger charge is 2.37. The molecule has 3 heterocycles. The summed E-state index contributed by atoms with van der Waals surface area (Å²) in [6, 6.07) is 15.2. The van der Waals surface area contributed by atoms with Crippen LogP contribution in [-0.4, -0.2) is 49.5 Å². The van der Waals surface area contributed by atoms with E-state index in [2.05, 4.69) is 4.98 Å². The number of methoxy groups -OCH3 is 1. The summed E-state index contributed by atoms with van der Waals surface area (Å²) in [4.78, 5) is 31.4. The van der Waals surface area contributed by atoms with Gasteiger partial charge < -0.3 is 4.74 Å². The zero-order chi connectivity index (χ0) is 23.2. The molecule has 3 aromatic rings. The van der Waals surface area contributed by atoms with Gasteiger partial charge in [0.2, 0.25) is 0 Å². The van der Waals surface area contributed by atoms with Crippen LogP contribution >= 0.6 is 11.8 Å². The van der Waals surface area contributed by atoms with Crippen molar-refractivity contribution >= 4 is 39.3 Å². The molecule has 0 N–H and O–H groups in total. The second kappa shape index (κ2) is 8.20. The van der Waals surface area contributed by atoms with Crippen LogP contribution in [0.15, 0.2) is 70.6 Å². The highest BCUT2D eigenvalue weighted by Crippen LogP contribution is 2.39. The first-order valence-electron chi connectivity index (χ1n) is 10.1. The number of hydrogen-bond donors (Lipinski definition) is 0. The first-order valence-corrected chi connectivity index (χ1v) is 12.6. The van der Waals surface area contributed by atoms with Crippen molar-refractivity contribution in [1.29, 1.82) is 0 Å². The lowest BCUT2D eigenvalue weighted by molar-refractivity contribution is 0.0640. The van der Waals surface area contributed by atoms with Crippen LogP contribution in [0.25, 0.3) is 0 Å². The van der Waals surface area contributed by atoms with Crippen molar-refractivity contribution < 1.29 is 22.7 Å². The lowest BCUT2D eigenvalue weighted by atomic mass is 10.2. The second-order valence-corrected chi connectivity index (χ2v) is 10.4. The van der Waals surface area contributed by atoms with Gasteiger partial charge >= 0.3 is 0 Å². The molecule has 2 amide bonds. The minimum Gasteiger partial charge on any atom is -0.495 e. The third-order valence-corrected chi connectivity index (χ3v) is 8.43. The zero-order valence-electron chi connectivity index (χ0n) is 17.6. The van der Waals surface area contributed by atoms with E-state index in [0.717, 1.165) is 9.80 Å². The second-order valence-electron chi connectivity index (χ2n) is 7.47. The normalized spacial score (nSPS) is 15.4. The van der Waals surface area contributed by atoms with Gasteiger partial charge in [-0.3, -0.25) is 23.8 Å². The van der Waals surface area contributed by atoms with Crippen molar-refractivity contribution in [3.63, 3.8) is 0 Å². The molecule has 0 bridgehead atoms. The molecule has 0 fully saturated rings. The third-order valence-electron chi connectivity index (χ3n) is 5.55. The molecule has 10 heteroatoms. The van der Waals surface area contributed by atoms with E-state index in [0.29, 0.717) is 23.5 Å². The number of hydrogen-bond acceptors (Lipinski definition) is 7. The minimum absolute atomic E-state index is 0.0149. The van der Waals surface area contributed by atoms with E-state index in [9.17, 15) is 18.0 Å². The summed E-state index contributed by atoms with van der Waals surface area (Å²) in [6.07, 6.45) is 1.46. The maximum atomic E-state index is 13.7. The van der Waals surface area contributed by atoms with Crippen molar-refractivity contribution in [1.82, 2.24) is 9.88 Å². The van der Waals surface area contributed by atoms with Gasteiger partial charge in [-0.1, -0.05) is 18.2 Å². The number of thioether (sulfide) groups is 1. The van der Waals surface area contributed by atoms with E-state index in [1.807, 2.05) is 12.1 Å². The Hall–Kier alpha value is -3.37. The molecule has 168 valence electrons. The third kappa shape index (κ3) is 3.55. The van der Waals surface area contributed by atoms with E-state index < -0.39 is 21.8 Å². The Morgan fingerprint density at radius 3 is 2.67 bits per heavy atom. The zero-order valence-corrected chi connectivity index (χ0v) is 19.2. The smallest absolute Gasteiger partial charge is 0.280 e. The number of pyridine rings is 1. The van der Waals surface area contributed by atoms with Gasteiger partial charge in [0.05, 0.1) is 24.9 Å². The molecular formula is C23H19N3O5S2. The molecule has 5 rings (SSSR count). The quantitative estimate of drug-likeness (QED) is 0.516. The average Bonchev–Trinajstić information content (AvgIpc) is 3.08. The highest BCUT2D eigenvalue weighted by atomic mass is 32.2. The predicted octanol–water partition coefficient (Wildman–Crippen LogP) is 3.19. The number of rotatable bonds is 5. The Kier molecular flexibility index (Phi) is 5.34. The van der Waals surface area contributed by atoms with Crippen LogP contribution in [0, 0.1) is 0 Å². The summed E-state index contributed by atoms with van der Waals surface area (Å²) < 4.78 is 34.2. The lowest BCUT2D eigenvalue weighted by Crippen LogP contribution is -2.35. The molecule has 1 aromatic heterocycles. The van der Waals surface area contributed by atoms with E-state index in [1.165, 1.54) is 23.7 Å². The molecule has 2 aromatic carbocycles. The van der Waals surface area contributed by atoms with Crippen LogP contribution in [0.1, 0.15) is 26.4 Å². The number of carbonyl (C=O) groups excluding carboxylic acids is 2. The molecule has 2 aliphatic heterocycles. The number of carbonyl (C=O) groups is 2. The van der Waals surface area contributed by atoms with Crippen LogP contribution < -0.4 is 9.04 Å². The van der Waals surface area contributed by atoms with E-state index in [-0.39, 0.29) is 28.4 Å². The first-order chi connectivity index (χ1) is 15.9. The Balaban J connectivity index is 1.52. The number of anilines is 1. The summed E-state index contributed by atoms with van der Waals surface area (Å²) >= 11 is 1.61. The molecule has 0 atom stereocenters. The maximum Gasteiger partial charge on any atom is 0.280 e. The molecule has 0 unspecified atom stereocenters. The van der Waals surface area contributed by atoms with Gasteiger partial charge in [-0.2, -0.15) is 0 Å². The fourth-order valence-electron chi connectivity index (χ4n) is 3.97. The summed E-state index contributed by atoms with van der Waals surface area (Å²) in [5, 5.41) is 0. The molecular weight excluding hydrogens is 462 g/mol. The Morgan fingerprint density at radius 1 is 1.06 bits per heavy atom. The van der Waals surface area contributed by atoms with Crippen molar-refractivity contribution in [3.05, 3.63) is 77.6 Å². The largest absolute Gasteiger partial charge is 0.495 e. The molecule has 0 aliphatic carbocycles. The standard InChI is InChI=1S/C23H19N3O5S2/c1-31-18-9-8-15(14-25-22(27)16-5-4-10-24-21(16)23(25)28)13-20(18)33(29,30)26-11-12-32-19-7-3-2-6-17(19)26/h2-10,13H,11-12,14H2,1H3. The number of imide groups is 1. The number of aromatic nitrogens is 1. The first kappa shape index (κ1) is 21.5. The van der Waals surface area contributed by atoms with E-state index in [1.54, 1.807) is 48.2 Å². The Bertz CT molecular complexity index is 1360. The number of nitrogens with zero attached hydrogens (tertiary/aromatic N) is 3. The lowest BCUT2D eigenvalue weighted by Gasteiger charge is -2.30. The topological polar surface area (TPSA) is 96.9 Å². The number of fused-ring (bicyclic) bond motifs is 2. The number of benzene rings is 2. The van der Waals surface area contributed by atoms with Crippen molar-refractivity contribution in [2.45, 2.75) is 16.3 Å². The highest BCUT2D eigenvalue weighted by molar-refractivity contribution is 8.00. The van der Waals surface area contributed by atoms with Gasteiger partial charge in [-0.15, -0.1) is 11.8 Å². The average molecular weight is 482 g/mol. The number of amides is 2. The molecule has 0 spiro atoms. The number of para-hydroxylation sites is 1. The van der Waals surface area contributed by atoms with Crippen molar-refractivity contribution in [3.8, 4) is 5.75 Å². The summed E-state index contributed by atoms with van der Waals surface area (Å²) in [5.74, 6) is -0.137. The Morgan fingerprint density at radius 2 is 1.88 bits per heavy atom. The van der Waals surface area contributed by atoms with Gasteiger partial charge in [-0.05, 0) is 42.0 Å². The summed E-state index contributed by atoms with van der Waals surface area (Å²) in [5.41, 5.74) is 1.45. The monoisotopic (exact) mass is 481 g/mol. The van der Waals surface area contributed by atoms with Gasteiger partial charge in [0.25, 0.3) is 21.8 Å². The van der Waals surface area contributed by atoms with Crippen LogP contribution in [0.4, 0.5) is 5.69 Å². The molecule has 2 aliphatic rings. The van der Waals surface area contributed by atoms with E-state index >= 15 is 0 Å². The Labute approximate surface area is 195 Å². The van der Waals surface area contributed by atoms with Crippen LogP contribution in [-0.2, 0) is 16.6 Å². The van der Waals surface area contributed by atoms with Crippen LogP contribution in [0.5, 0.6) is 5.75 Å². The van der Waals surface area contributed by atoms with Gasteiger partial charge in [0.1, 0.15) is 16.3 Å². The number of ether oxygens (including phenoxy) is 1. The fraction of sp³-hybridized carbons (Fsp3) is 0.174. The molecule has 33 heavy (non-hydrogen) atoms. The number of sulfonamides is 1. The summed E-state index contributed by atoms with van der Waals surface area (Å²) in [6.45, 7) is 0.244. The van der Waals surface area contributed by atoms with E-state index in [4.69, 9.17) is 4.74 Å². The molecule has 8 nitrogen and oxygen atoms in total. The minimum atomic E-state index is -3.96. The van der Waals surface area contributed by atoms with Gasteiger partial charge in [0.15, 0.2) is 0 Å². The van der Waals surface area contributed by atoms with Crippen molar-refractivity contribution in [2.24, 2.45) is 0 Å². The van der Waals surface area contributed by atoms with Gasteiger partial charge in [-0.25, -0.2) is 8.42 Å².